The van der Waals surface area contributed by atoms with Gasteiger partial charge in [-0.2, -0.15) is 0 Å². The Morgan fingerprint density at radius 2 is 1.87 bits per heavy atom. The summed E-state index contributed by atoms with van der Waals surface area (Å²) < 4.78 is 31.1. The molecule has 0 aliphatic rings. The molecule has 0 saturated carbocycles. The van der Waals surface area contributed by atoms with Crippen molar-refractivity contribution < 1.29 is 28.2 Å². The van der Waals surface area contributed by atoms with Crippen LogP contribution < -0.4 is 16.4 Å². The number of carbonyl (C=O) groups is 2. The Bertz CT molecular complexity index is 602. The minimum atomic E-state index is -1.35. The smallest absolute Gasteiger partial charge is 0.408 e. The van der Waals surface area contributed by atoms with E-state index in [0.717, 1.165) is 12.1 Å². The van der Waals surface area contributed by atoms with Crippen LogP contribution in [-0.4, -0.2) is 35.4 Å². The zero-order valence-electron chi connectivity index (χ0n) is 12.9. The van der Waals surface area contributed by atoms with Gasteiger partial charge in [-0.1, -0.05) is 0 Å². The van der Waals surface area contributed by atoms with Gasteiger partial charge in [-0.15, -0.1) is 0 Å². The number of alkyl carbamates (subject to hydrolysis) is 1. The second-order valence-electron chi connectivity index (χ2n) is 5.77. The Morgan fingerprint density at radius 3 is 2.39 bits per heavy atom. The Kier molecular flexibility index (Phi) is 5.72. The summed E-state index contributed by atoms with van der Waals surface area (Å²) in [7, 11) is 0. The summed E-state index contributed by atoms with van der Waals surface area (Å²) in [5, 5.41) is 13.8. The van der Waals surface area contributed by atoms with Crippen LogP contribution in [-0.2, 0) is 9.53 Å². The van der Waals surface area contributed by atoms with Crippen LogP contribution in [0.2, 0.25) is 0 Å². The maximum Gasteiger partial charge on any atom is 0.408 e. The number of nitrogens with one attached hydrogen (secondary N) is 2. The lowest BCUT2D eigenvalue weighted by Crippen LogP contribution is -2.47. The van der Waals surface area contributed by atoms with Gasteiger partial charge >= 0.3 is 12.1 Å². The number of ether oxygens (including phenoxy) is 1. The molecule has 0 radical (unpaired) electrons. The Labute approximate surface area is 131 Å². The average Bonchev–Trinajstić information content (AvgIpc) is 2.37. The van der Waals surface area contributed by atoms with Crippen LogP contribution in [0.5, 0.6) is 0 Å². The van der Waals surface area contributed by atoms with Crippen LogP contribution in [0.15, 0.2) is 12.1 Å². The molecule has 1 aromatic carbocycles. The molecule has 0 heterocycles. The van der Waals surface area contributed by atoms with Crippen molar-refractivity contribution in [2.24, 2.45) is 0 Å². The minimum Gasteiger partial charge on any atom is -0.480 e. The number of carboxylic acid groups (broad SMARTS) is 1. The summed E-state index contributed by atoms with van der Waals surface area (Å²) in [4.78, 5) is 22.7. The van der Waals surface area contributed by atoms with Gasteiger partial charge in [0.15, 0.2) is 11.6 Å². The molecule has 1 amide bonds. The molecule has 5 N–H and O–H groups in total. The molecule has 1 unspecified atom stereocenters. The molecule has 9 heteroatoms. The quantitative estimate of drug-likeness (QED) is 0.613. The number of aliphatic carboxylic acids is 1. The van der Waals surface area contributed by atoms with E-state index >= 15 is 0 Å². The second kappa shape index (κ2) is 7.12. The van der Waals surface area contributed by atoms with Gasteiger partial charge in [0, 0.05) is 18.7 Å². The van der Waals surface area contributed by atoms with Crippen molar-refractivity contribution in [3.63, 3.8) is 0 Å². The fourth-order valence-corrected chi connectivity index (χ4v) is 1.58. The van der Waals surface area contributed by atoms with E-state index in [1.54, 1.807) is 20.8 Å². The zero-order chi connectivity index (χ0) is 17.8. The highest BCUT2D eigenvalue weighted by Gasteiger charge is 2.24. The highest BCUT2D eigenvalue weighted by Crippen LogP contribution is 2.21. The van der Waals surface area contributed by atoms with Gasteiger partial charge in [0.05, 0.1) is 11.4 Å². The van der Waals surface area contributed by atoms with Crippen molar-refractivity contribution in [1.82, 2.24) is 5.32 Å². The monoisotopic (exact) mass is 331 g/mol. The van der Waals surface area contributed by atoms with Crippen LogP contribution in [0.3, 0.4) is 0 Å². The van der Waals surface area contributed by atoms with E-state index in [9.17, 15) is 18.4 Å². The lowest BCUT2D eigenvalue weighted by molar-refractivity contribution is -0.139. The summed E-state index contributed by atoms with van der Waals surface area (Å²) in [6.45, 7) is 4.58. The number of hydrogen-bond acceptors (Lipinski definition) is 5. The Balaban J connectivity index is 2.73. The number of anilines is 2. The second-order valence-corrected chi connectivity index (χ2v) is 5.77. The molecule has 0 saturated heterocycles. The maximum absolute atomic E-state index is 13.2. The number of amides is 1. The molecule has 0 bridgehead atoms. The number of carboxylic acids is 1. The number of nitrogen functional groups attached to an aromatic ring is 1. The highest BCUT2D eigenvalue weighted by atomic mass is 19.2. The normalized spacial score (nSPS) is 12.4. The number of rotatable bonds is 5. The third-order valence-electron chi connectivity index (χ3n) is 2.58. The third kappa shape index (κ3) is 5.97. The lowest BCUT2D eigenvalue weighted by atomic mass is 10.2. The molecule has 0 fully saturated rings. The van der Waals surface area contributed by atoms with Gasteiger partial charge in [-0.3, -0.25) is 0 Å². The number of benzene rings is 1. The van der Waals surface area contributed by atoms with E-state index in [1.807, 2.05) is 0 Å². The molecule has 1 rings (SSSR count). The molecule has 23 heavy (non-hydrogen) atoms. The van der Waals surface area contributed by atoms with Crippen molar-refractivity contribution >= 4 is 23.4 Å². The van der Waals surface area contributed by atoms with E-state index in [1.165, 1.54) is 0 Å². The van der Waals surface area contributed by atoms with E-state index in [4.69, 9.17) is 15.6 Å². The van der Waals surface area contributed by atoms with Gasteiger partial charge in [0.1, 0.15) is 11.6 Å². The van der Waals surface area contributed by atoms with E-state index in [-0.39, 0.29) is 17.9 Å². The number of halogens is 2. The standard InChI is InChI=1S/C14H19F2N3O4/c1-14(2,3)23-13(22)19-11(12(20)21)6-18-10-5-8(16)7(15)4-9(10)17/h4-5,11,18H,6,17H2,1-3H3,(H,19,22)(H,20,21). The largest absolute Gasteiger partial charge is 0.480 e. The summed E-state index contributed by atoms with van der Waals surface area (Å²) in [5.41, 5.74) is 4.64. The van der Waals surface area contributed by atoms with Gasteiger partial charge in [-0.25, -0.2) is 18.4 Å². The van der Waals surface area contributed by atoms with Crippen LogP contribution in [0, 0.1) is 11.6 Å². The van der Waals surface area contributed by atoms with Crippen molar-refractivity contribution in [2.45, 2.75) is 32.4 Å². The molecule has 0 aromatic heterocycles. The van der Waals surface area contributed by atoms with Gasteiger partial charge in [0.2, 0.25) is 0 Å². The van der Waals surface area contributed by atoms with Crippen LogP contribution in [0.1, 0.15) is 20.8 Å². The average molecular weight is 331 g/mol. The topological polar surface area (TPSA) is 114 Å². The predicted octanol–water partition coefficient (Wildman–Crippen LogP) is 1.94. The van der Waals surface area contributed by atoms with E-state index in [2.05, 4.69) is 10.6 Å². The summed E-state index contributed by atoms with van der Waals surface area (Å²) in [6, 6.07) is 0.226. The van der Waals surface area contributed by atoms with Crippen molar-refractivity contribution in [3.8, 4) is 0 Å². The zero-order valence-corrected chi connectivity index (χ0v) is 12.9. The number of nitrogens with two attached hydrogens (primary N) is 1. The minimum absolute atomic E-state index is 0.0149. The third-order valence-corrected chi connectivity index (χ3v) is 2.58. The first kappa shape index (κ1) is 18.5. The van der Waals surface area contributed by atoms with Crippen LogP contribution in [0.4, 0.5) is 25.0 Å². The Hall–Kier alpha value is -2.58. The van der Waals surface area contributed by atoms with Gasteiger partial charge < -0.3 is 26.2 Å². The van der Waals surface area contributed by atoms with E-state index in [0.29, 0.717) is 0 Å². The molecule has 7 nitrogen and oxygen atoms in total. The molecule has 1 atom stereocenters. The summed E-state index contributed by atoms with van der Waals surface area (Å²) in [6.07, 6.45) is -0.912. The van der Waals surface area contributed by atoms with Crippen LogP contribution in [0.25, 0.3) is 0 Å². The molecular weight excluding hydrogens is 312 g/mol. The molecule has 128 valence electrons. The lowest BCUT2D eigenvalue weighted by Gasteiger charge is -2.22. The molecule has 0 spiro atoms. The van der Waals surface area contributed by atoms with Crippen LogP contribution >= 0.6 is 0 Å². The molecule has 0 aliphatic heterocycles. The van der Waals surface area contributed by atoms with E-state index < -0.39 is 35.3 Å². The first-order valence-electron chi connectivity index (χ1n) is 6.70. The van der Waals surface area contributed by atoms with Crippen molar-refractivity contribution in [2.75, 3.05) is 17.6 Å². The maximum atomic E-state index is 13.2. The number of carbonyl (C=O) groups excluding carboxylic acids is 1. The first-order valence-corrected chi connectivity index (χ1v) is 6.70. The van der Waals surface area contributed by atoms with Gasteiger partial charge in [0.25, 0.3) is 0 Å². The fraction of sp³-hybridized carbons (Fsp3) is 0.429. The predicted molar refractivity (Wildman–Crippen MR) is 80.1 cm³/mol. The summed E-state index contributed by atoms with van der Waals surface area (Å²) >= 11 is 0. The molecule has 1 aromatic rings. The fourth-order valence-electron chi connectivity index (χ4n) is 1.58. The van der Waals surface area contributed by atoms with Crippen molar-refractivity contribution in [1.29, 1.82) is 0 Å². The highest BCUT2D eigenvalue weighted by molar-refractivity contribution is 5.81. The molecule has 0 aliphatic carbocycles. The summed E-state index contributed by atoms with van der Waals surface area (Å²) in [5.74, 6) is -3.58. The van der Waals surface area contributed by atoms with Crippen molar-refractivity contribution in [3.05, 3.63) is 23.8 Å². The SMILES string of the molecule is CC(C)(C)OC(=O)NC(CNc1cc(F)c(F)cc1N)C(=O)O. The first-order chi connectivity index (χ1) is 10.5. The molecular formula is C14H19F2N3O4. The Morgan fingerprint density at radius 1 is 1.30 bits per heavy atom. The number of hydrogen-bond donors (Lipinski definition) is 4. The van der Waals surface area contributed by atoms with Gasteiger partial charge in [-0.05, 0) is 20.8 Å².